The Bertz CT molecular complexity index is 304. The highest BCUT2D eigenvalue weighted by atomic mass is 16.4. The minimum atomic E-state index is -0.923. The lowest BCUT2D eigenvalue weighted by Gasteiger charge is -2.33. The van der Waals surface area contributed by atoms with E-state index in [0.717, 1.165) is 13.0 Å². The Morgan fingerprint density at radius 3 is 2.59 bits per heavy atom. The second-order valence-corrected chi connectivity index (χ2v) is 5.07. The molecule has 5 nitrogen and oxygen atoms in total. The smallest absolute Gasteiger partial charge is 0.305 e. The molecular weight excluding hydrogens is 220 g/mol. The molecule has 0 aliphatic carbocycles. The molecule has 0 bridgehead atoms. The molecule has 98 valence electrons. The Morgan fingerprint density at radius 1 is 1.53 bits per heavy atom. The average Bonchev–Trinajstić information content (AvgIpc) is 2.29. The van der Waals surface area contributed by atoms with Crippen LogP contribution < -0.4 is 0 Å². The Kier molecular flexibility index (Phi) is 4.51. The van der Waals surface area contributed by atoms with E-state index < -0.39 is 12.0 Å². The normalized spacial score (nSPS) is 27.4. The number of carboxylic acids is 1. The van der Waals surface area contributed by atoms with Crippen LogP contribution in [-0.4, -0.2) is 58.5 Å². The molecule has 0 aromatic rings. The maximum atomic E-state index is 12.4. The number of carbonyl (C=O) groups excluding carboxylic acids is 1. The molecule has 1 heterocycles. The topological polar surface area (TPSA) is 60.9 Å². The lowest BCUT2D eigenvalue weighted by molar-refractivity contribution is -0.146. The molecule has 0 aromatic heterocycles. The summed E-state index contributed by atoms with van der Waals surface area (Å²) < 4.78 is 0. The number of amides is 1. The van der Waals surface area contributed by atoms with Crippen LogP contribution in [0.25, 0.3) is 0 Å². The fourth-order valence-electron chi connectivity index (χ4n) is 2.44. The van der Waals surface area contributed by atoms with Gasteiger partial charge in [0.15, 0.2) is 0 Å². The molecule has 2 unspecified atom stereocenters. The summed E-state index contributed by atoms with van der Waals surface area (Å²) in [7, 11) is 1.82. The second kappa shape index (κ2) is 5.49. The quantitative estimate of drug-likeness (QED) is 0.795. The number of rotatable bonds is 3. The van der Waals surface area contributed by atoms with E-state index in [4.69, 9.17) is 5.11 Å². The summed E-state index contributed by atoms with van der Waals surface area (Å²) in [5.74, 6) is -0.983. The van der Waals surface area contributed by atoms with Crippen LogP contribution >= 0.6 is 0 Å². The molecule has 1 N–H and O–H groups in total. The minimum Gasteiger partial charge on any atom is -0.481 e. The largest absolute Gasteiger partial charge is 0.481 e. The Hall–Kier alpha value is -1.10. The van der Waals surface area contributed by atoms with Gasteiger partial charge in [-0.3, -0.25) is 14.5 Å². The van der Waals surface area contributed by atoms with Gasteiger partial charge in [0.25, 0.3) is 0 Å². The van der Waals surface area contributed by atoms with Gasteiger partial charge in [0.1, 0.15) is 0 Å². The number of aliphatic carboxylic acids is 1. The second-order valence-electron chi connectivity index (χ2n) is 5.07. The van der Waals surface area contributed by atoms with Crippen LogP contribution in [0, 0.1) is 0 Å². The van der Waals surface area contributed by atoms with E-state index in [1.807, 2.05) is 37.6 Å². The molecule has 0 spiro atoms. The van der Waals surface area contributed by atoms with Crippen LogP contribution in [-0.2, 0) is 9.59 Å². The van der Waals surface area contributed by atoms with Crippen molar-refractivity contribution in [3.63, 3.8) is 0 Å². The monoisotopic (exact) mass is 242 g/mol. The summed E-state index contributed by atoms with van der Waals surface area (Å²) in [4.78, 5) is 26.9. The van der Waals surface area contributed by atoms with Crippen LogP contribution in [0.3, 0.4) is 0 Å². The van der Waals surface area contributed by atoms with Gasteiger partial charge in [-0.2, -0.15) is 0 Å². The van der Waals surface area contributed by atoms with Crippen LogP contribution in [0.5, 0.6) is 0 Å². The van der Waals surface area contributed by atoms with Crippen molar-refractivity contribution >= 4 is 11.9 Å². The van der Waals surface area contributed by atoms with Crippen LogP contribution in [0.4, 0.5) is 0 Å². The molecule has 1 aliphatic heterocycles. The molecular formula is C12H22N2O3. The summed E-state index contributed by atoms with van der Waals surface area (Å²) in [6, 6.07) is -0.246. The summed E-state index contributed by atoms with van der Waals surface area (Å²) in [6.07, 6.45) is 0.766. The molecule has 5 heteroatoms. The van der Waals surface area contributed by atoms with Gasteiger partial charge in [0.05, 0.1) is 12.5 Å². The van der Waals surface area contributed by atoms with Gasteiger partial charge in [0.2, 0.25) is 5.91 Å². The minimum absolute atomic E-state index is 0.0603. The number of likely N-dealkylation sites (N-methyl/N-ethyl adjacent to an activating group) is 1. The maximum absolute atomic E-state index is 12.4. The molecule has 1 rings (SSSR count). The van der Waals surface area contributed by atoms with Gasteiger partial charge < -0.3 is 10.0 Å². The number of carboxylic acid groups (broad SMARTS) is 1. The third kappa shape index (κ3) is 3.19. The molecule has 0 aromatic carbocycles. The van der Waals surface area contributed by atoms with Crippen LogP contribution in [0.1, 0.15) is 33.6 Å². The van der Waals surface area contributed by atoms with Crippen LogP contribution in [0.2, 0.25) is 0 Å². The zero-order chi connectivity index (χ0) is 13.2. The molecule has 0 saturated carbocycles. The number of hydrogen-bond acceptors (Lipinski definition) is 3. The molecule has 17 heavy (non-hydrogen) atoms. The van der Waals surface area contributed by atoms with Crippen molar-refractivity contribution in [1.82, 2.24) is 9.80 Å². The third-order valence-corrected chi connectivity index (χ3v) is 3.37. The maximum Gasteiger partial charge on any atom is 0.305 e. The Balaban J connectivity index is 2.94. The van der Waals surface area contributed by atoms with Crippen molar-refractivity contribution in [3.8, 4) is 0 Å². The van der Waals surface area contributed by atoms with Gasteiger partial charge >= 0.3 is 5.97 Å². The molecule has 1 amide bonds. The van der Waals surface area contributed by atoms with E-state index in [1.54, 1.807) is 0 Å². The number of nitrogens with zero attached hydrogens (tertiary/aromatic N) is 2. The van der Waals surface area contributed by atoms with Gasteiger partial charge in [-0.15, -0.1) is 0 Å². The Morgan fingerprint density at radius 2 is 2.12 bits per heavy atom. The first kappa shape index (κ1) is 14.0. The highest BCUT2D eigenvalue weighted by molar-refractivity contribution is 5.86. The highest BCUT2D eigenvalue weighted by Crippen LogP contribution is 2.20. The van der Waals surface area contributed by atoms with Crippen LogP contribution in [0.15, 0.2) is 0 Å². The van der Waals surface area contributed by atoms with Crippen molar-refractivity contribution in [2.24, 2.45) is 0 Å². The molecule has 1 aliphatic rings. The lowest BCUT2D eigenvalue weighted by Crippen LogP contribution is -2.50. The van der Waals surface area contributed by atoms with E-state index in [2.05, 4.69) is 0 Å². The van der Waals surface area contributed by atoms with E-state index in [0.29, 0.717) is 0 Å². The third-order valence-electron chi connectivity index (χ3n) is 3.37. The average molecular weight is 242 g/mol. The van der Waals surface area contributed by atoms with Crippen molar-refractivity contribution in [2.75, 3.05) is 13.6 Å². The molecule has 1 saturated heterocycles. The number of hydrogen-bond donors (Lipinski definition) is 1. The summed E-state index contributed by atoms with van der Waals surface area (Å²) in [6.45, 7) is 6.72. The number of carbonyl (C=O) groups is 2. The van der Waals surface area contributed by atoms with Gasteiger partial charge in [-0.05, 0) is 34.2 Å². The first-order chi connectivity index (χ1) is 7.84. The van der Waals surface area contributed by atoms with E-state index in [-0.39, 0.29) is 24.4 Å². The first-order valence-corrected chi connectivity index (χ1v) is 6.08. The van der Waals surface area contributed by atoms with Crippen molar-refractivity contribution < 1.29 is 14.7 Å². The predicted molar refractivity (Wildman–Crippen MR) is 64.7 cm³/mol. The first-order valence-electron chi connectivity index (χ1n) is 6.08. The SMILES string of the molecule is CC(C)N1C(=O)C(CC(=O)O)N(C)CCC1C. The summed E-state index contributed by atoms with van der Waals surface area (Å²) in [5, 5.41) is 8.89. The highest BCUT2D eigenvalue weighted by Gasteiger charge is 2.36. The molecule has 1 fully saturated rings. The lowest BCUT2D eigenvalue weighted by atomic mass is 10.1. The fourth-order valence-corrected chi connectivity index (χ4v) is 2.44. The van der Waals surface area contributed by atoms with Crippen molar-refractivity contribution in [3.05, 3.63) is 0 Å². The fraction of sp³-hybridized carbons (Fsp3) is 0.833. The van der Waals surface area contributed by atoms with Gasteiger partial charge in [-0.25, -0.2) is 0 Å². The standard InChI is InChI=1S/C12H22N2O3/c1-8(2)14-9(3)5-6-13(4)10(12(14)17)7-11(15)16/h8-10H,5-7H2,1-4H3,(H,15,16). The van der Waals surface area contributed by atoms with Gasteiger partial charge in [-0.1, -0.05) is 0 Å². The summed E-state index contributed by atoms with van der Waals surface area (Å²) >= 11 is 0. The van der Waals surface area contributed by atoms with E-state index in [1.165, 1.54) is 0 Å². The summed E-state index contributed by atoms with van der Waals surface area (Å²) in [5.41, 5.74) is 0. The van der Waals surface area contributed by atoms with E-state index in [9.17, 15) is 9.59 Å². The van der Waals surface area contributed by atoms with Gasteiger partial charge in [0, 0.05) is 18.6 Å². The van der Waals surface area contributed by atoms with Crippen molar-refractivity contribution in [1.29, 1.82) is 0 Å². The zero-order valence-electron chi connectivity index (χ0n) is 11.0. The molecule has 2 atom stereocenters. The predicted octanol–water partition coefficient (Wildman–Crippen LogP) is 0.791. The Labute approximate surface area is 102 Å². The van der Waals surface area contributed by atoms with Crippen molar-refractivity contribution in [2.45, 2.75) is 51.7 Å². The van der Waals surface area contributed by atoms with E-state index >= 15 is 0 Å². The zero-order valence-corrected chi connectivity index (χ0v) is 11.0. The molecule has 0 radical (unpaired) electrons.